The van der Waals surface area contributed by atoms with E-state index in [1.165, 1.54) is 11.3 Å². The van der Waals surface area contributed by atoms with Crippen LogP contribution in [-0.4, -0.2) is 50.4 Å². The van der Waals surface area contributed by atoms with Crippen LogP contribution in [0.3, 0.4) is 0 Å². The molecule has 164 valence electrons. The number of carbonyl (C=O) groups is 1. The molecular weight excluding hydrogens is 418 g/mol. The van der Waals surface area contributed by atoms with Crippen molar-refractivity contribution in [2.24, 2.45) is 0 Å². The van der Waals surface area contributed by atoms with Crippen LogP contribution < -0.4 is 19.5 Å². The molecule has 0 spiro atoms. The third kappa shape index (κ3) is 5.50. The zero-order valence-corrected chi connectivity index (χ0v) is 18.7. The number of ether oxygens (including phenoxy) is 4. The molecule has 0 fully saturated rings. The van der Waals surface area contributed by atoms with Crippen molar-refractivity contribution in [1.29, 1.82) is 0 Å². The second kappa shape index (κ2) is 10.7. The summed E-state index contributed by atoms with van der Waals surface area (Å²) in [4.78, 5) is 22.2. The van der Waals surface area contributed by atoms with Crippen molar-refractivity contribution in [3.05, 3.63) is 52.7 Å². The van der Waals surface area contributed by atoms with Crippen molar-refractivity contribution in [1.82, 2.24) is 15.3 Å². The van der Waals surface area contributed by atoms with Gasteiger partial charge in [0.05, 0.1) is 26.5 Å². The summed E-state index contributed by atoms with van der Waals surface area (Å²) < 4.78 is 21.3. The number of rotatable bonds is 10. The first kappa shape index (κ1) is 22.5. The molecule has 1 aromatic carbocycles. The lowest BCUT2D eigenvalue weighted by atomic mass is 10.2. The lowest BCUT2D eigenvalue weighted by Crippen LogP contribution is -2.23. The Kier molecular flexibility index (Phi) is 7.80. The van der Waals surface area contributed by atoms with Crippen LogP contribution in [0.5, 0.6) is 17.4 Å². The van der Waals surface area contributed by atoms with Gasteiger partial charge < -0.3 is 24.3 Å². The Balaban J connectivity index is 1.72. The highest BCUT2D eigenvalue weighted by Crippen LogP contribution is 2.35. The monoisotopic (exact) mass is 443 g/mol. The van der Waals surface area contributed by atoms with Crippen LogP contribution in [-0.2, 0) is 11.3 Å². The minimum Gasteiger partial charge on any atom is -0.493 e. The normalized spacial score (nSPS) is 10.6. The van der Waals surface area contributed by atoms with Gasteiger partial charge in [-0.15, -0.1) is 11.3 Å². The molecule has 1 amide bonds. The number of pyridine rings is 1. The number of aryl methyl sites for hydroxylation is 1. The average Bonchev–Trinajstić information content (AvgIpc) is 3.19. The predicted molar refractivity (Wildman–Crippen MR) is 118 cm³/mol. The van der Waals surface area contributed by atoms with Gasteiger partial charge in [-0.3, -0.25) is 4.79 Å². The van der Waals surface area contributed by atoms with Crippen molar-refractivity contribution in [2.75, 3.05) is 34.5 Å². The maximum absolute atomic E-state index is 12.8. The minimum atomic E-state index is -0.201. The molecule has 2 heterocycles. The molecule has 0 bridgehead atoms. The van der Waals surface area contributed by atoms with Gasteiger partial charge in [0.15, 0.2) is 11.5 Å². The fourth-order valence-corrected chi connectivity index (χ4v) is 3.84. The zero-order chi connectivity index (χ0) is 22.2. The van der Waals surface area contributed by atoms with E-state index in [0.717, 1.165) is 16.1 Å². The highest BCUT2D eigenvalue weighted by Gasteiger charge is 2.18. The molecule has 0 aliphatic carbocycles. The number of methoxy groups -OCH3 is 3. The Labute approximate surface area is 185 Å². The maximum Gasteiger partial charge on any atom is 0.263 e. The number of carbonyl (C=O) groups excluding carboxylic acids is 1. The highest BCUT2D eigenvalue weighted by atomic mass is 32.1. The van der Waals surface area contributed by atoms with E-state index in [0.29, 0.717) is 41.2 Å². The van der Waals surface area contributed by atoms with Gasteiger partial charge in [0.1, 0.15) is 16.5 Å². The lowest BCUT2D eigenvalue weighted by Gasteiger charge is -2.10. The fraction of sp³-hybridized carbons (Fsp3) is 0.318. The van der Waals surface area contributed by atoms with Crippen molar-refractivity contribution in [3.63, 3.8) is 0 Å². The van der Waals surface area contributed by atoms with E-state index < -0.39 is 0 Å². The van der Waals surface area contributed by atoms with Gasteiger partial charge in [0.2, 0.25) is 5.88 Å². The summed E-state index contributed by atoms with van der Waals surface area (Å²) in [5, 5.41) is 3.66. The molecule has 0 unspecified atom stereocenters. The number of amides is 1. The van der Waals surface area contributed by atoms with Gasteiger partial charge in [-0.2, -0.15) is 0 Å². The average molecular weight is 444 g/mol. The first-order valence-electron chi connectivity index (χ1n) is 9.61. The predicted octanol–water partition coefficient (Wildman–Crippen LogP) is 3.49. The highest BCUT2D eigenvalue weighted by molar-refractivity contribution is 7.17. The van der Waals surface area contributed by atoms with Gasteiger partial charge in [-0.25, -0.2) is 9.97 Å². The molecule has 0 saturated heterocycles. The lowest BCUT2D eigenvalue weighted by molar-refractivity contribution is 0.0953. The van der Waals surface area contributed by atoms with E-state index in [-0.39, 0.29) is 12.5 Å². The van der Waals surface area contributed by atoms with Crippen LogP contribution in [0.4, 0.5) is 0 Å². The number of aromatic nitrogens is 2. The number of benzene rings is 1. The Bertz CT molecular complexity index is 1040. The maximum atomic E-state index is 12.8. The van der Waals surface area contributed by atoms with Crippen LogP contribution in [0.1, 0.15) is 20.9 Å². The fourth-order valence-electron chi connectivity index (χ4n) is 2.87. The van der Waals surface area contributed by atoms with Crippen LogP contribution in [0.15, 0.2) is 36.5 Å². The molecule has 3 rings (SSSR count). The molecule has 9 heteroatoms. The van der Waals surface area contributed by atoms with Gasteiger partial charge >= 0.3 is 0 Å². The number of thiazole rings is 1. The Morgan fingerprint density at radius 1 is 1.10 bits per heavy atom. The Morgan fingerprint density at radius 2 is 1.90 bits per heavy atom. The summed E-state index contributed by atoms with van der Waals surface area (Å²) in [5.74, 6) is 1.52. The molecule has 0 saturated carbocycles. The van der Waals surface area contributed by atoms with Crippen molar-refractivity contribution in [3.8, 4) is 28.0 Å². The van der Waals surface area contributed by atoms with Crippen molar-refractivity contribution >= 4 is 17.2 Å². The molecule has 0 atom stereocenters. The smallest absolute Gasteiger partial charge is 0.263 e. The summed E-state index contributed by atoms with van der Waals surface area (Å²) in [6, 6.07) is 9.22. The summed E-state index contributed by atoms with van der Waals surface area (Å²) >= 11 is 1.33. The first-order valence-corrected chi connectivity index (χ1v) is 10.4. The summed E-state index contributed by atoms with van der Waals surface area (Å²) in [5.41, 5.74) is 2.30. The summed E-state index contributed by atoms with van der Waals surface area (Å²) in [6.45, 7) is 2.95. The molecule has 31 heavy (non-hydrogen) atoms. The van der Waals surface area contributed by atoms with Crippen molar-refractivity contribution < 1.29 is 23.7 Å². The molecular formula is C22H25N3O5S. The number of hydrogen-bond acceptors (Lipinski definition) is 8. The molecule has 0 aliphatic rings. The van der Waals surface area contributed by atoms with Crippen LogP contribution in [0.25, 0.3) is 10.6 Å². The van der Waals surface area contributed by atoms with E-state index >= 15 is 0 Å². The number of nitrogens with zero attached hydrogens (tertiary/aromatic N) is 2. The zero-order valence-electron chi connectivity index (χ0n) is 17.9. The Hall–Kier alpha value is -3.17. The van der Waals surface area contributed by atoms with Gasteiger partial charge in [0.25, 0.3) is 5.91 Å². The molecule has 8 nitrogen and oxygen atoms in total. The van der Waals surface area contributed by atoms with E-state index in [2.05, 4.69) is 15.3 Å². The SMILES string of the molecule is COCCOc1ncccc1CNC(=O)c1sc(-c2ccc(OC)c(OC)c2)nc1C. The third-order valence-electron chi connectivity index (χ3n) is 4.45. The first-order chi connectivity index (χ1) is 15.1. The quantitative estimate of drug-likeness (QED) is 0.480. The third-order valence-corrected chi connectivity index (χ3v) is 5.65. The standard InChI is InChI=1S/C22H25N3O5S/c1-14-19(31-22(25-14)15-7-8-17(28-3)18(12-15)29-4)20(26)24-13-16-6-5-9-23-21(16)30-11-10-27-2/h5-9,12H,10-11,13H2,1-4H3,(H,24,26). The number of hydrogen-bond donors (Lipinski definition) is 1. The second-order valence-electron chi connectivity index (χ2n) is 6.49. The molecule has 0 aliphatic heterocycles. The number of nitrogens with one attached hydrogen (secondary N) is 1. The van der Waals surface area contributed by atoms with E-state index in [1.54, 1.807) is 33.6 Å². The summed E-state index contributed by atoms with van der Waals surface area (Å²) in [6.07, 6.45) is 1.65. The van der Waals surface area contributed by atoms with Crippen molar-refractivity contribution in [2.45, 2.75) is 13.5 Å². The van der Waals surface area contributed by atoms with E-state index in [9.17, 15) is 4.79 Å². The van der Waals surface area contributed by atoms with E-state index in [4.69, 9.17) is 18.9 Å². The summed E-state index contributed by atoms with van der Waals surface area (Å²) in [7, 11) is 4.78. The van der Waals surface area contributed by atoms with Crippen LogP contribution in [0, 0.1) is 6.92 Å². The molecule has 1 N–H and O–H groups in total. The van der Waals surface area contributed by atoms with Gasteiger partial charge in [-0.05, 0) is 31.2 Å². The van der Waals surface area contributed by atoms with Gasteiger partial charge in [-0.1, -0.05) is 6.07 Å². The largest absolute Gasteiger partial charge is 0.493 e. The Morgan fingerprint density at radius 3 is 2.65 bits per heavy atom. The van der Waals surface area contributed by atoms with Crippen LogP contribution in [0.2, 0.25) is 0 Å². The molecule has 3 aromatic rings. The van der Waals surface area contributed by atoms with E-state index in [1.807, 2.05) is 31.2 Å². The van der Waals surface area contributed by atoms with Gasteiger partial charge in [0, 0.05) is 31.0 Å². The minimum absolute atomic E-state index is 0.201. The molecule has 2 aromatic heterocycles. The topological polar surface area (TPSA) is 91.8 Å². The second-order valence-corrected chi connectivity index (χ2v) is 7.49. The molecule has 0 radical (unpaired) electrons. The van der Waals surface area contributed by atoms with Crippen LogP contribution >= 0.6 is 11.3 Å².